The molecule has 0 amide bonds. The molecule has 1 aliphatic carbocycles. The van der Waals surface area contributed by atoms with Crippen molar-refractivity contribution < 1.29 is 13.2 Å². The maximum Gasteiger partial charge on any atom is 0.263 e. The van der Waals surface area contributed by atoms with Gasteiger partial charge in [0.05, 0.1) is 0 Å². The van der Waals surface area contributed by atoms with Crippen molar-refractivity contribution in [2.75, 3.05) is 6.54 Å². The molecule has 0 bridgehead atoms. The Morgan fingerprint density at radius 2 is 1.83 bits per heavy atom. The zero-order chi connectivity index (χ0) is 13.2. The van der Waals surface area contributed by atoms with Crippen molar-refractivity contribution in [3.8, 4) is 0 Å². The average Bonchev–Trinajstić information content (AvgIpc) is 2.39. The summed E-state index contributed by atoms with van der Waals surface area (Å²) in [5.74, 6) is -0.410. The number of benzene rings is 1. The molecule has 0 aliphatic heterocycles. The summed E-state index contributed by atoms with van der Waals surface area (Å²) in [6.07, 6.45) is 2.08. The Bertz CT molecular complexity index is 412. The van der Waals surface area contributed by atoms with Gasteiger partial charge in [0.2, 0.25) is 0 Å². The van der Waals surface area contributed by atoms with Gasteiger partial charge in [-0.1, -0.05) is 25.3 Å². The van der Waals surface area contributed by atoms with Gasteiger partial charge in [0.25, 0.3) is 6.43 Å². The van der Waals surface area contributed by atoms with Crippen LogP contribution in [0.1, 0.15) is 49.7 Å². The van der Waals surface area contributed by atoms with Crippen molar-refractivity contribution in [2.45, 2.75) is 43.9 Å². The van der Waals surface area contributed by atoms with Crippen LogP contribution in [-0.2, 0) is 5.41 Å². The number of halogens is 3. The summed E-state index contributed by atoms with van der Waals surface area (Å²) in [7, 11) is 0. The van der Waals surface area contributed by atoms with Gasteiger partial charge in [-0.15, -0.1) is 0 Å². The highest BCUT2D eigenvalue weighted by molar-refractivity contribution is 5.33. The van der Waals surface area contributed by atoms with Gasteiger partial charge in [-0.2, -0.15) is 0 Å². The Kier molecular flexibility index (Phi) is 3.95. The highest BCUT2D eigenvalue weighted by Gasteiger charge is 2.35. The Balaban J connectivity index is 2.43. The lowest BCUT2D eigenvalue weighted by molar-refractivity contribution is 0.151. The van der Waals surface area contributed by atoms with E-state index in [0.29, 0.717) is 12.1 Å². The molecule has 4 heteroatoms. The second kappa shape index (κ2) is 5.31. The van der Waals surface area contributed by atoms with Gasteiger partial charge >= 0.3 is 0 Å². The van der Waals surface area contributed by atoms with Crippen LogP contribution >= 0.6 is 0 Å². The smallest absolute Gasteiger partial charge is 0.263 e. The van der Waals surface area contributed by atoms with Gasteiger partial charge in [0, 0.05) is 17.5 Å². The minimum Gasteiger partial charge on any atom is -0.330 e. The van der Waals surface area contributed by atoms with Crippen LogP contribution < -0.4 is 5.73 Å². The zero-order valence-electron chi connectivity index (χ0n) is 10.3. The minimum absolute atomic E-state index is 0.121. The van der Waals surface area contributed by atoms with Crippen LogP contribution in [-0.4, -0.2) is 6.54 Å². The molecule has 0 saturated heterocycles. The highest BCUT2D eigenvalue weighted by Crippen LogP contribution is 2.40. The third-order valence-corrected chi connectivity index (χ3v) is 4.02. The molecule has 1 fully saturated rings. The monoisotopic (exact) mass is 257 g/mol. The Morgan fingerprint density at radius 3 is 2.39 bits per heavy atom. The molecule has 0 atom stereocenters. The molecule has 2 rings (SSSR count). The molecule has 1 aliphatic rings. The molecule has 1 aromatic carbocycles. The summed E-state index contributed by atoms with van der Waals surface area (Å²) in [6.45, 7) is 0.316. The molecule has 0 unspecified atom stereocenters. The summed E-state index contributed by atoms with van der Waals surface area (Å²) in [5, 5.41) is 0. The van der Waals surface area contributed by atoms with Crippen molar-refractivity contribution >= 4 is 0 Å². The van der Waals surface area contributed by atoms with E-state index in [4.69, 9.17) is 5.73 Å². The molecular formula is C14H18F3N. The minimum atomic E-state index is -2.57. The lowest BCUT2D eigenvalue weighted by atomic mass is 9.69. The summed E-state index contributed by atoms with van der Waals surface area (Å²) in [6, 6.07) is 3.59. The first-order chi connectivity index (χ1) is 8.59. The molecule has 1 nitrogen and oxygen atoms in total. The van der Waals surface area contributed by atoms with Gasteiger partial charge in [0.15, 0.2) is 0 Å². The zero-order valence-corrected chi connectivity index (χ0v) is 10.3. The van der Waals surface area contributed by atoms with E-state index < -0.39 is 17.7 Å². The largest absolute Gasteiger partial charge is 0.330 e. The molecule has 1 saturated carbocycles. The fraction of sp³-hybridized carbons (Fsp3) is 0.571. The van der Waals surface area contributed by atoms with Gasteiger partial charge in [0.1, 0.15) is 5.82 Å². The Hall–Kier alpha value is -1.03. The van der Waals surface area contributed by atoms with Crippen molar-refractivity contribution in [1.29, 1.82) is 0 Å². The summed E-state index contributed by atoms with van der Waals surface area (Å²) < 4.78 is 39.4. The molecule has 0 heterocycles. The normalized spacial score (nSPS) is 19.2. The number of nitrogens with two attached hydrogens (primary N) is 1. The van der Waals surface area contributed by atoms with E-state index in [0.717, 1.165) is 44.2 Å². The summed E-state index contributed by atoms with van der Waals surface area (Å²) in [4.78, 5) is 0. The van der Waals surface area contributed by atoms with E-state index in [1.54, 1.807) is 0 Å². The highest BCUT2D eigenvalue weighted by atomic mass is 19.3. The van der Waals surface area contributed by atoms with E-state index in [9.17, 15) is 13.2 Å². The van der Waals surface area contributed by atoms with E-state index >= 15 is 0 Å². The molecule has 100 valence electrons. The van der Waals surface area contributed by atoms with Gasteiger partial charge < -0.3 is 5.73 Å². The number of alkyl halides is 2. The second-order valence-electron chi connectivity index (χ2n) is 5.09. The van der Waals surface area contributed by atoms with Gasteiger partial charge in [-0.05, 0) is 30.5 Å². The predicted molar refractivity (Wildman–Crippen MR) is 65.2 cm³/mol. The molecular weight excluding hydrogens is 239 g/mol. The van der Waals surface area contributed by atoms with Crippen LogP contribution in [0.15, 0.2) is 18.2 Å². The maximum atomic E-state index is 13.9. The van der Waals surface area contributed by atoms with E-state index in [2.05, 4.69) is 0 Å². The van der Waals surface area contributed by atoms with Gasteiger partial charge in [-0.3, -0.25) is 0 Å². The standard InChI is InChI=1S/C14H18F3N/c15-12-5-4-10(13(16)17)8-11(12)14(9-18)6-2-1-3-7-14/h4-5,8,13H,1-3,6-7,9,18H2. The van der Waals surface area contributed by atoms with Crippen LogP contribution in [0.2, 0.25) is 0 Å². The number of hydrogen-bond donors (Lipinski definition) is 1. The van der Waals surface area contributed by atoms with Crippen molar-refractivity contribution in [3.05, 3.63) is 35.1 Å². The third kappa shape index (κ3) is 2.39. The molecule has 0 aromatic heterocycles. The molecule has 2 N–H and O–H groups in total. The van der Waals surface area contributed by atoms with E-state index in [1.807, 2.05) is 0 Å². The summed E-state index contributed by atoms with van der Waals surface area (Å²) in [5.41, 5.74) is 5.62. The first kappa shape index (κ1) is 13.4. The van der Waals surface area contributed by atoms with E-state index in [1.165, 1.54) is 6.07 Å². The SMILES string of the molecule is NCC1(c2cc(C(F)F)ccc2F)CCCCC1. The molecule has 1 aromatic rings. The van der Waals surface area contributed by atoms with Crippen LogP contribution in [0.3, 0.4) is 0 Å². The molecule has 0 radical (unpaired) electrons. The maximum absolute atomic E-state index is 13.9. The fourth-order valence-electron chi connectivity index (χ4n) is 2.90. The average molecular weight is 257 g/mol. The topological polar surface area (TPSA) is 26.0 Å². The Morgan fingerprint density at radius 1 is 1.17 bits per heavy atom. The first-order valence-corrected chi connectivity index (χ1v) is 6.37. The second-order valence-corrected chi connectivity index (χ2v) is 5.09. The first-order valence-electron chi connectivity index (χ1n) is 6.37. The molecule has 18 heavy (non-hydrogen) atoms. The quantitative estimate of drug-likeness (QED) is 0.872. The van der Waals surface area contributed by atoms with Crippen LogP contribution in [0, 0.1) is 5.82 Å². The van der Waals surface area contributed by atoms with Crippen molar-refractivity contribution in [3.63, 3.8) is 0 Å². The Labute approximate surface area is 105 Å². The number of rotatable bonds is 3. The summed E-state index contributed by atoms with van der Waals surface area (Å²) >= 11 is 0. The number of hydrogen-bond acceptors (Lipinski definition) is 1. The molecule has 0 spiro atoms. The van der Waals surface area contributed by atoms with Crippen LogP contribution in [0.5, 0.6) is 0 Å². The van der Waals surface area contributed by atoms with Crippen LogP contribution in [0.4, 0.5) is 13.2 Å². The third-order valence-electron chi connectivity index (χ3n) is 4.02. The fourth-order valence-corrected chi connectivity index (χ4v) is 2.90. The lowest BCUT2D eigenvalue weighted by Gasteiger charge is -2.37. The lowest BCUT2D eigenvalue weighted by Crippen LogP contribution is -2.38. The van der Waals surface area contributed by atoms with Crippen LogP contribution in [0.25, 0.3) is 0 Å². The predicted octanol–water partition coefficient (Wildman–Crippen LogP) is 3.92. The van der Waals surface area contributed by atoms with Crippen molar-refractivity contribution in [1.82, 2.24) is 0 Å². The van der Waals surface area contributed by atoms with Gasteiger partial charge in [-0.25, -0.2) is 13.2 Å². The van der Waals surface area contributed by atoms with Crippen molar-refractivity contribution in [2.24, 2.45) is 5.73 Å². The van der Waals surface area contributed by atoms with E-state index in [-0.39, 0.29) is 5.56 Å².